The van der Waals surface area contributed by atoms with Crippen molar-refractivity contribution in [1.29, 1.82) is 0 Å². The summed E-state index contributed by atoms with van der Waals surface area (Å²) in [5.74, 6) is -3.03. The fourth-order valence-corrected chi connectivity index (χ4v) is 4.33. The number of aromatic hydroxyl groups is 4. The van der Waals surface area contributed by atoms with Crippen LogP contribution in [0, 0.1) is 0 Å². The molecule has 2 heterocycles. The van der Waals surface area contributed by atoms with Gasteiger partial charge in [0.2, 0.25) is 11.2 Å². The number of benzene rings is 3. The standard InChI is InChI=1S/C28H22O9/c1-13(2)12-35-16-6-3-14(4-7-16)17-10-22(32)36-21-11-20(31)24-25(33)26(34)27(37-28(24)23(17)21)15-5-8-18(29)19(30)9-15/h3-9,11,17,29-31,34H,1,10,12H2,2H3/t17-/m0/s1. The Labute approximate surface area is 210 Å². The normalized spacial score (nSPS) is 14.7. The molecule has 1 aromatic heterocycles. The summed E-state index contributed by atoms with van der Waals surface area (Å²) in [7, 11) is 0. The minimum Gasteiger partial charge on any atom is -0.507 e. The van der Waals surface area contributed by atoms with Crippen LogP contribution in [0.1, 0.15) is 30.4 Å². The van der Waals surface area contributed by atoms with Crippen LogP contribution in [0.2, 0.25) is 0 Å². The van der Waals surface area contributed by atoms with Crippen molar-refractivity contribution >= 4 is 16.9 Å². The predicted molar refractivity (Wildman–Crippen MR) is 133 cm³/mol. The van der Waals surface area contributed by atoms with Gasteiger partial charge in [0.05, 0.1) is 6.42 Å². The van der Waals surface area contributed by atoms with Gasteiger partial charge in [-0.25, -0.2) is 0 Å². The molecule has 0 unspecified atom stereocenters. The molecule has 0 bridgehead atoms. The first-order chi connectivity index (χ1) is 17.6. The molecule has 5 rings (SSSR count). The number of rotatable bonds is 5. The van der Waals surface area contributed by atoms with E-state index < -0.39 is 40.3 Å². The van der Waals surface area contributed by atoms with E-state index in [-0.39, 0.29) is 34.5 Å². The van der Waals surface area contributed by atoms with Gasteiger partial charge in [0.25, 0.3) is 0 Å². The largest absolute Gasteiger partial charge is 0.507 e. The number of esters is 1. The monoisotopic (exact) mass is 502 g/mol. The number of phenolic OH excluding ortho intramolecular Hbond substituents is 3. The van der Waals surface area contributed by atoms with Crippen molar-refractivity contribution in [2.45, 2.75) is 19.3 Å². The molecule has 0 saturated carbocycles. The van der Waals surface area contributed by atoms with Gasteiger partial charge in [0.1, 0.15) is 34.8 Å². The highest BCUT2D eigenvalue weighted by Crippen LogP contribution is 2.47. The summed E-state index contributed by atoms with van der Waals surface area (Å²) in [6.07, 6.45) is -0.0707. The summed E-state index contributed by atoms with van der Waals surface area (Å²) >= 11 is 0. The average molecular weight is 502 g/mol. The highest BCUT2D eigenvalue weighted by Gasteiger charge is 2.34. The molecule has 9 heteroatoms. The van der Waals surface area contributed by atoms with Crippen LogP contribution in [0.3, 0.4) is 0 Å². The molecule has 0 fully saturated rings. The lowest BCUT2D eigenvalue weighted by atomic mass is 9.85. The van der Waals surface area contributed by atoms with Crippen LogP contribution in [0.5, 0.6) is 34.5 Å². The van der Waals surface area contributed by atoms with Gasteiger partial charge in [0, 0.05) is 23.1 Å². The van der Waals surface area contributed by atoms with Gasteiger partial charge in [-0.05, 0) is 48.4 Å². The second kappa shape index (κ2) is 8.94. The zero-order valence-electron chi connectivity index (χ0n) is 19.6. The van der Waals surface area contributed by atoms with Gasteiger partial charge < -0.3 is 34.3 Å². The van der Waals surface area contributed by atoms with Crippen molar-refractivity contribution in [1.82, 2.24) is 0 Å². The van der Waals surface area contributed by atoms with Gasteiger partial charge in [-0.15, -0.1) is 0 Å². The van der Waals surface area contributed by atoms with Crippen molar-refractivity contribution in [2.75, 3.05) is 6.61 Å². The Morgan fingerprint density at radius 1 is 1.00 bits per heavy atom. The van der Waals surface area contributed by atoms with E-state index in [2.05, 4.69) is 6.58 Å². The molecule has 188 valence electrons. The van der Waals surface area contributed by atoms with E-state index in [0.717, 1.165) is 17.7 Å². The Kier molecular flexibility index (Phi) is 5.75. The third-order valence-electron chi connectivity index (χ3n) is 6.07. The van der Waals surface area contributed by atoms with Crippen molar-refractivity contribution in [3.8, 4) is 45.8 Å². The van der Waals surface area contributed by atoms with E-state index in [1.165, 1.54) is 12.1 Å². The van der Waals surface area contributed by atoms with E-state index in [4.69, 9.17) is 13.9 Å². The number of hydrogen-bond donors (Lipinski definition) is 4. The molecule has 0 aliphatic carbocycles. The zero-order valence-corrected chi connectivity index (χ0v) is 19.6. The molecule has 1 atom stereocenters. The number of hydrogen-bond acceptors (Lipinski definition) is 9. The fraction of sp³-hybridized carbons (Fsp3) is 0.143. The lowest BCUT2D eigenvalue weighted by Crippen LogP contribution is -2.22. The molecule has 3 aromatic carbocycles. The summed E-state index contributed by atoms with van der Waals surface area (Å²) in [5.41, 5.74) is 1.00. The Balaban J connectivity index is 1.72. The van der Waals surface area contributed by atoms with E-state index >= 15 is 0 Å². The lowest BCUT2D eigenvalue weighted by molar-refractivity contribution is -0.135. The maximum absolute atomic E-state index is 13.1. The third kappa shape index (κ3) is 4.20. The number of phenols is 3. The number of fused-ring (bicyclic) bond motifs is 3. The van der Waals surface area contributed by atoms with E-state index in [0.29, 0.717) is 23.5 Å². The van der Waals surface area contributed by atoms with Gasteiger partial charge in [-0.2, -0.15) is 0 Å². The van der Waals surface area contributed by atoms with Crippen molar-refractivity contribution in [2.24, 2.45) is 0 Å². The first-order valence-electron chi connectivity index (χ1n) is 11.3. The van der Waals surface area contributed by atoms with E-state index in [1.807, 2.05) is 6.92 Å². The van der Waals surface area contributed by atoms with Gasteiger partial charge in [0.15, 0.2) is 17.3 Å². The van der Waals surface area contributed by atoms with Crippen molar-refractivity contribution in [3.05, 3.63) is 82.0 Å². The Bertz CT molecular complexity index is 1630. The number of carbonyl (C=O) groups excluding carboxylic acids is 1. The zero-order chi connectivity index (χ0) is 26.4. The van der Waals surface area contributed by atoms with Crippen LogP contribution in [-0.4, -0.2) is 33.0 Å². The molecule has 1 aliphatic heterocycles. The Morgan fingerprint density at radius 2 is 1.73 bits per heavy atom. The lowest BCUT2D eigenvalue weighted by Gasteiger charge is -2.26. The Morgan fingerprint density at radius 3 is 2.41 bits per heavy atom. The van der Waals surface area contributed by atoms with Crippen molar-refractivity contribution < 1.29 is 39.1 Å². The van der Waals surface area contributed by atoms with E-state index in [1.54, 1.807) is 24.3 Å². The maximum Gasteiger partial charge on any atom is 0.312 e. The predicted octanol–water partition coefficient (Wildman–Crippen LogP) is 4.68. The summed E-state index contributed by atoms with van der Waals surface area (Å²) in [5, 5.41) is 40.5. The van der Waals surface area contributed by atoms with E-state index in [9.17, 15) is 30.0 Å². The minimum absolute atomic E-state index is 0.0159. The van der Waals surface area contributed by atoms with Crippen LogP contribution >= 0.6 is 0 Å². The molecular weight excluding hydrogens is 480 g/mol. The molecule has 0 spiro atoms. The van der Waals surface area contributed by atoms with Gasteiger partial charge >= 0.3 is 5.97 Å². The summed E-state index contributed by atoms with van der Waals surface area (Å²) in [6.45, 7) is 6.00. The molecule has 0 saturated heterocycles. The maximum atomic E-state index is 13.1. The molecule has 37 heavy (non-hydrogen) atoms. The molecule has 9 nitrogen and oxygen atoms in total. The first kappa shape index (κ1) is 23.8. The highest BCUT2D eigenvalue weighted by molar-refractivity contribution is 5.94. The molecule has 0 radical (unpaired) electrons. The Hall–Kier alpha value is -4.92. The quantitative estimate of drug-likeness (QED) is 0.132. The summed E-state index contributed by atoms with van der Waals surface area (Å²) in [4.78, 5) is 25.6. The summed E-state index contributed by atoms with van der Waals surface area (Å²) in [6, 6.07) is 11.8. The number of ether oxygens (including phenoxy) is 2. The second-order valence-electron chi connectivity index (χ2n) is 8.87. The molecule has 4 N–H and O–H groups in total. The van der Waals surface area contributed by atoms with Crippen LogP contribution in [0.4, 0.5) is 0 Å². The van der Waals surface area contributed by atoms with Gasteiger partial charge in [-0.1, -0.05) is 18.7 Å². The second-order valence-corrected chi connectivity index (χ2v) is 8.87. The van der Waals surface area contributed by atoms with Gasteiger partial charge in [-0.3, -0.25) is 9.59 Å². The SMILES string of the molecule is C=C(C)COc1ccc([C@@H]2CC(=O)Oc3cc(O)c4c(=O)c(O)c(-c5ccc(O)c(O)c5)oc4c32)cc1. The molecule has 1 aliphatic rings. The molecular formula is C28H22O9. The van der Waals surface area contributed by atoms with Crippen LogP contribution < -0.4 is 14.9 Å². The first-order valence-corrected chi connectivity index (χ1v) is 11.3. The van der Waals surface area contributed by atoms with Crippen LogP contribution in [0.15, 0.2) is 69.9 Å². The smallest absolute Gasteiger partial charge is 0.312 e. The molecule has 0 amide bonds. The molecule has 4 aromatic rings. The van der Waals surface area contributed by atoms with Crippen LogP contribution in [-0.2, 0) is 4.79 Å². The highest BCUT2D eigenvalue weighted by atomic mass is 16.5. The minimum atomic E-state index is -0.914. The van der Waals surface area contributed by atoms with Crippen molar-refractivity contribution in [3.63, 3.8) is 0 Å². The average Bonchev–Trinajstić information content (AvgIpc) is 2.86. The number of carbonyl (C=O) groups is 1. The third-order valence-corrected chi connectivity index (χ3v) is 6.07. The topological polar surface area (TPSA) is 147 Å². The summed E-state index contributed by atoms with van der Waals surface area (Å²) < 4.78 is 17.0. The van der Waals surface area contributed by atoms with Crippen LogP contribution in [0.25, 0.3) is 22.3 Å². The fourth-order valence-electron chi connectivity index (χ4n) is 4.33.